The molecule has 1 heterocycles. The van der Waals surface area contributed by atoms with Crippen molar-refractivity contribution in [3.63, 3.8) is 0 Å². The number of carboxylic acids is 1. The Hall–Kier alpha value is -2.02. The van der Waals surface area contributed by atoms with Crippen LogP contribution in [0.4, 0.5) is 0 Å². The Morgan fingerprint density at radius 2 is 1.79 bits per heavy atom. The highest BCUT2D eigenvalue weighted by atomic mass is 35.5. The van der Waals surface area contributed by atoms with Crippen LogP contribution in [-0.2, 0) is 5.75 Å². The molecule has 2 aromatic carbocycles. The summed E-state index contributed by atoms with van der Waals surface area (Å²) in [6.45, 7) is 0. The summed E-state index contributed by atoms with van der Waals surface area (Å²) in [6, 6.07) is 13.4. The topological polar surface area (TPSA) is 78.9 Å². The second-order valence-corrected chi connectivity index (χ2v) is 6.74. The third kappa shape index (κ3) is 3.72. The van der Waals surface area contributed by atoms with Crippen molar-refractivity contribution in [3.05, 3.63) is 63.9 Å². The summed E-state index contributed by atoms with van der Waals surface area (Å²) in [5, 5.41) is 19.8. The molecule has 0 spiro atoms. The monoisotopic (exact) mass is 379 g/mol. The van der Waals surface area contributed by atoms with Gasteiger partial charge in [-0.15, -0.1) is 16.9 Å². The van der Waals surface area contributed by atoms with Crippen molar-refractivity contribution in [1.82, 2.24) is 15.4 Å². The van der Waals surface area contributed by atoms with Crippen LogP contribution in [-0.4, -0.2) is 26.5 Å². The summed E-state index contributed by atoms with van der Waals surface area (Å²) in [7, 11) is 0. The molecule has 0 saturated carbocycles. The number of hydrogen-bond donors (Lipinski definition) is 2. The van der Waals surface area contributed by atoms with Gasteiger partial charge in [0.2, 0.25) is 0 Å². The molecule has 0 atom stereocenters. The third-order valence-corrected chi connectivity index (χ3v) is 5.08. The Kier molecular flexibility index (Phi) is 5.08. The van der Waals surface area contributed by atoms with Gasteiger partial charge in [-0.1, -0.05) is 46.6 Å². The van der Waals surface area contributed by atoms with Crippen molar-refractivity contribution in [2.75, 3.05) is 0 Å². The molecule has 24 heavy (non-hydrogen) atoms. The first-order chi connectivity index (χ1) is 11.5. The minimum Gasteiger partial charge on any atom is -0.476 e. The molecule has 0 amide bonds. The van der Waals surface area contributed by atoms with E-state index in [1.54, 1.807) is 6.07 Å². The average molecular weight is 380 g/mol. The lowest BCUT2D eigenvalue weighted by Crippen LogP contribution is -2.00. The molecule has 3 aromatic rings. The van der Waals surface area contributed by atoms with Crippen LogP contribution in [0.25, 0.3) is 11.1 Å². The lowest BCUT2D eigenvalue weighted by Gasteiger charge is -2.05. The maximum atomic E-state index is 11.0. The molecule has 0 saturated heterocycles. The van der Waals surface area contributed by atoms with E-state index in [4.69, 9.17) is 28.3 Å². The van der Waals surface area contributed by atoms with Crippen LogP contribution < -0.4 is 0 Å². The standard InChI is InChI=1S/C16H11Cl2N3O2S/c17-12-6-3-10(7-13(12)18)9-1-4-11(5-2-9)24-8-14-15(16(22)23)20-21-19-14/h1-7H,8H2,(H,22,23)(H,19,20,21). The molecule has 0 radical (unpaired) electrons. The van der Waals surface area contributed by atoms with Gasteiger partial charge in [0.15, 0.2) is 5.69 Å². The summed E-state index contributed by atoms with van der Waals surface area (Å²) < 4.78 is 0. The SMILES string of the molecule is O=C(O)c1[nH]nnc1CSc1ccc(-c2ccc(Cl)c(Cl)c2)cc1. The minimum atomic E-state index is -1.06. The van der Waals surface area contributed by atoms with Crippen molar-refractivity contribution < 1.29 is 9.90 Å². The van der Waals surface area contributed by atoms with Crippen molar-refractivity contribution in [1.29, 1.82) is 0 Å². The zero-order chi connectivity index (χ0) is 17.1. The predicted octanol–water partition coefficient (Wildman–Crippen LogP) is 4.77. The second-order valence-electron chi connectivity index (χ2n) is 4.88. The van der Waals surface area contributed by atoms with Crippen LogP contribution in [0.2, 0.25) is 10.0 Å². The van der Waals surface area contributed by atoms with Crippen molar-refractivity contribution in [3.8, 4) is 11.1 Å². The molecule has 3 rings (SSSR count). The van der Waals surface area contributed by atoms with Crippen LogP contribution in [0.3, 0.4) is 0 Å². The molecule has 0 bridgehead atoms. The molecule has 0 fully saturated rings. The summed E-state index contributed by atoms with van der Waals surface area (Å²) in [6.07, 6.45) is 0. The fraction of sp³-hybridized carbons (Fsp3) is 0.0625. The lowest BCUT2D eigenvalue weighted by atomic mass is 10.1. The van der Waals surface area contributed by atoms with E-state index in [2.05, 4.69) is 15.4 Å². The quantitative estimate of drug-likeness (QED) is 0.624. The third-order valence-electron chi connectivity index (χ3n) is 3.32. The van der Waals surface area contributed by atoms with Gasteiger partial charge in [0, 0.05) is 10.6 Å². The fourth-order valence-electron chi connectivity index (χ4n) is 2.09. The number of carbonyl (C=O) groups is 1. The van der Waals surface area contributed by atoms with E-state index in [0.717, 1.165) is 16.0 Å². The molecule has 1 aromatic heterocycles. The molecule has 122 valence electrons. The highest BCUT2D eigenvalue weighted by Gasteiger charge is 2.14. The Labute approximate surface area is 152 Å². The zero-order valence-electron chi connectivity index (χ0n) is 12.2. The van der Waals surface area contributed by atoms with Crippen molar-refractivity contribution >= 4 is 40.9 Å². The smallest absolute Gasteiger partial charge is 0.355 e. The van der Waals surface area contributed by atoms with Gasteiger partial charge < -0.3 is 5.11 Å². The van der Waals surface area contributed by atoms with Crippen LogP contribution in [0, 0.1) is 0 Å². The van der Waals surface area contributed by atoms with E-state index in [0.29, 0.717) is 21.5 Å². The van der Waals surface area contributed by atoms with E-state index in [-0.39, 0.29) is 5.69 Å². The highest BCUT2D eigenvalue weighted by molar-refractivity contribution is 7.98. The number of H-pyrrole nitrogens is 1. The van der Waals surface area contributed by atoms with Crippen LogP contribution in [0.15, 0.2) is 47.4 Å². The van der Waals surface area contributed by atoms with Gasteiger partial charge in [0.1, 0.15) is 5.69 Å². The number of nitrogens with one attached hydrogen (secondary N) is 1. The van der Waals surface area contributed by atoms with Gasteiger partial charge in [-0.2, -0.15) is 0 Å². The summed E-state index contributed by atoms with van der Waals surface area (Å²) in [4.78, 5) is 12.0. The number of halogens is 2. The first-order valence-corrected chi connectivity index (χ1v) is 8.60. The summed E-state index contributed by atoms with van der Waals surface area (Å²) in [5.41, 5.74) is 2.44. The number of aromatic carboxylic acids is 1. The van der Waals surface area contributed by atoms with Gasteiger partial charge in [-0.05, 0) is 35.4 Å². The van der Waals surface area contributed by atoms with Gasteiger partial charge in [0.25, 0.3) is 0 Å². The minimum absolute atomic E-state index is 0.0231. The molecule has 5 nitrogen and oxygen atoms in total. The van der Waals surface area contributed by atoms with E-state index in [1.165, 1.54) is 11.8 Å². The van der Waals surface area contributed by atoms with Gasteiger partial charge in [0.05, 0.1) is 10.0 Å². The Balaban J connectivity index is 1.71. The predicted molar refractivity (Wildman–Crippen MR) is 94.8 cm³/mol. The van der Waals surface area contributed by atoms with Crippen molar-refractivity contribution in [2.45, 2.75) is 10.6 Å². The van der Waals surface area contributed by atoms with E-state index >= 15 is 0 Å². The highest BCUT2D eigenvalue weighted by Crippen LogP contribution is 2.30. The van der Waals surface area contributed by atoms with E-state index < -0.39 is 5.97 Å². The maximum Gasteiger partial charge on any atom is 0.355 e. The molecule has 8 heteroatoms. The van der Waals surface area contributed by atoms with Crippen LogP contribution in [0.1, 0.15) is 16.2 Å². The van der Waals surface area contributed by atoms with E-state index in [9.17, 15) is 4.79 Å². The Morgan fingerprint density at radius 3 is 2.46 bits per heavy atom. The maximum absolute atomic E-state index is 11.0. The number of aromatic nitrogens is 3. The van der Waals surface area contributed by atoms with Crippen molar-refractivity contribution in [2.24, 2.45) is 0 Å². The Morgan fingerprint density at radius 1 is 1.08 bits per heavy atom. The molecule has 2 N–H and O–H groups in total. The summed E-state index contributed by atoms with van der Waals surface area (Å²) in [5.74, 6) is -0.643. The van der Waals surface area contributed by atoms with Crippen LogP contribution in [0.5, 0.6) is 0 Å². The number of rotatable bonds is 5. The zero-order valence-corrected chi connectivity index (χ0v) is 14.5. The molecule has 0 aliphatic carbocycles. The molecule has 0 aliphatic heterocycles. The lowest BCUT2D eigenvalue weighted by molar-refractivity contribution is 0.0689. The van der Waals surface area contributed by atoms with E-state index in [1.807, 2.05) is 36.4 Å². The summed E-state index contributed by atoms with van der Waals surface area (Å²) >= 11 is 13.5. The Bertz CT molecular complexity index is 881. The number of carboxylic acid groups (broad SMARTS) is 1. The van der Waals surface area contributed by atoms with Crippen LogP contribution >= 0.6 is 35.0 Å². The molecular weight excluding hydrogens is 369 g/mol. The molecule has 0 aliphatic rings. The fourth-order valence-corrected chi connectivity index (χ4v) is 3.23. The molecular formula is C16H11Cl2N3O2S. The van der Waals surface area contributed by atoms with Gasteiger partial charge in [-0.25, -0.2) is 4.79 Å². The second kappa shape index (κ2) is 7.25. The number of nitrogens with zero attached hydrogens (tertiary/aromatic N) is 2. The normalized spacial score (nSPS) is 10.8. The number of thioether (sulfide) groups is 1. The average Bonchev–Trinajstić information content (AvgIpc) is 3.05. The number of aromatic amines is 1. The first kappa shape index (κ1) is 16.8. The van der Waals surface area contributed by atoms with Gasteiger partial charge in [-0.3, -0.25) is 5.10 Å². The number of benzene rings is 2. The number of hydrogen-bond acceptors (Lipinski definition) is 4. The first-order valence-electron chi connectivity index (χ1n) is 6.86. The molecule has 0 unspecified atom stereocenters. The largest absolute Gasteiger partial charge is 0.476 e. The van der Waals surface area contributed by atoms with Gasteiger partial charge >= 0.3 is 5.97 Å².